The lowest BCUT2D eigenvalue weighted by atomic mass is 10.3. The van der Waals surface area contributed by atoms with Gasteiger partial charge in [0.15, 0.2) is 5.75 Å². The van der Waals surface area contributed by atoms with E-state index in [-0.39, 0.29) is 6.01 Å². The largest absolute Gasteiger partial charge is 0.497 e. The summed E-state index contributed by atoms with van der Waals surface area (Å²) in [5, 5.41) is 0. The van der Waals surface area contributed by atoms with Gasteiger partial charge in [-0.3, -0.25) is 0 Å². The summed E-state index contributed by atoms with van der Waals surface area (Å²) < 4.78 is 10.6. The van der Waals surface area contributed by atoms with Gasteiger partial charge in [-0.2, -0.15) is 0 Å². The van der Waals surface area contributed by atoms with Crippen molar-refractivity contribution in [1.82, 2.24) is 9.97 Å². The van der Waals surface area contributed by atoms with Crippen LogP contribution in [0.15, 0.2) is 30.5 Å². The summed E-state index contributed by atoms with van der Waals surface area (Å²) in [5.41, 5.74) is 7.13. The van der Waals surface area contributed by atoms with Crippen molar-refractivity contribution in [1.29, 1.82) is 0 Å². The monoisotopic (exact) mass is 231 g/mol. The molecule has 1 aromatic carbocycles. The van der Waals surface area contributed by atoms with Crippen LogP contribution in [0.2, 0.25) is 0 Å². The van der Waals surface area contributed by atoms with Crippen molar-refractivity contribution in [3.63, 3.8) is 0 Å². The van der Waals surface area contributed by atoms with Gasteiger partial charge >= 0.3 is 6.01 Å². The first-order valence-electron chi connectivity index (χ1n) is 5.10. The van der Waals surface area contributed by atoms with E-state index >= 15 is 0 Å². The van der Waals surface area contributed by atoms with E-state index < -0.39 is 0 Å². The van der Waals surface area contributed by atoms with E-state index in [1.54, 1.807) is 37.6 Å². The van der Waals surface area contributed by atoms with Crippen LogP contribution in [-0.2, 0) is 0 Å². The predicted octanol–water partition coefficient (Wildman–Crippen LogP) is 2.17. The number of rotatable bonds is 3. The number of nitrogens with two attached hydrogens (primary N) is 1. The highest BCUT2D eigenvalue weighted by Crippen LogP contribution is 2.29. The molecule has 0 saturated heterocycles. The molecule has 2 N–H and O–H groups in total. The highest BCUT2D eigenvalue weighted by Gasteiger charge is 2.06. The number of aromatic nitrogens is 2. The molecule has 1 aromatic heterocycles. The molecule has 5 nitrogen and oxygen atoms in total. The van der Waals surface area contributed by atoms with Crippen LogP contribution in [0.1, 0.15) is 5.69 Å². The van der Waals surface area contributed by atoms with Crippen LogP contribution in [0.4, 0.5) is 5.69 Å². The number of hydrogen-bond acceptors (Lipinski definition) is 5. The molecule has 5 heteroatoms. The number of benzene rings is 1. The fraction of sp³-hybridized carbons (Fsp3) is 0.167. The Kier molecular flexibility index (Phi) is 3.09. The van der Waals surface area contributed by atoms with Gasteiger partial charge in [0.2, 0.25) is 0 Å². The molecule has 0 radical (unpaired) electrons. The normalized spacial score (nSPS) is 10.0. The molecule has 88 valence electrons. The number of anilines is 1. The number of methoxy groups -OCH3 is 1. The zero-order valence-corrected chi connectivity index (χ0v) is 9.68. The highest BCUT2D eigenvalue weighted by atomic mass is 16.5. The summed E-state index contributed by atoms with van der Waals surface area (Å²) in [6.07, 6.45) is 1.63. The second-order valence-corrected chi connectivity index (χ2v) is 3.49. The van der Waals surface area contributed by atoms with Crippen molar-refractivity contribution < 1.29 is 9.47 Å². The van der Waals surface area contributed by atoms with Gasteiger partial charge in [-0.15, -0.1) is 0 Å². The number of aryl methyl sites for hydroxylation is 1. The number of ether oxygens (including phenoxy) is 2. The molecule has 0 unspecified atom stereocenters. The van der Waals surface area contributed by atoms with Crippen molar-refractivity contribution in [3.8, 4) is 17.5 Å². The smallest absolute Gasteiger partial charge is 0.322 e. The van der Waals surface area contributed by atoms with Gasteiger partial charge in [0.1, 0.15) is 5.75 Å². The van der Waals surface area contributed by atoms with Crippen LogP contribution in [-0.4, -0.2) is 17.1 Å². The second kappa shape index (κ2) is 4.69. The SMILES string of the molecule is COc1ccc(N)c(Oc2nccc(C)n2)c1. The number of nitrogens with zero attached hydrogens (tertiary/aromatic N) is 2. The van der Waals surface area contributed by atoms with E-state index in [1.165, 1.54) is 0 Å². The topological polar surface area (TPSA) is 70.3 Å². The summed E-state index contributed by atoms with van der Waals surface area (Å²) in [4.78, 5) is 8.14. The lowest BCUT2D eigenvalue weighted by molar-refractivity contribution is 0.404. The molecule has 0 amide bonds. The first-order chi connectivity index (χ1) is 8.19. The van der Waals surface area contributed by atoms with Crippen molar-refractivity contribution in [2.75, 3.05) is 12.8 Å². The van der Waals surface area contributed by atoms with Crippen LogP contribution in [0.5, 0.6) is 17.5 Å². The van der Waals surface area contributed by atoms with E-state index in [9.17, 15) is 0 Å². The van der Waals surface area contributed by atoms with E-state index in [2.05, 4.69) is 9.97 Å². The molecule has 0 bridgehead atoms. The Labute approximate surface area is 99.2 Å². The Bertz CT molecular complexity index is 529. The molecule has 1 heterocycles. The molecular formula is C12H13N3O2. The molecule has 0 atom stereocenters. The molecule has 0 aliphatic rings. The first-order valence-corrected chi connectivity index (χ1v) is 5.10. The van der Waals surface area contributed by atoms with Crippen LogP contribution >= 0.6 is 0 Å². The Hall–Kier alpha value is -2.30. The van der Waals surface area contributed by atoms with Gasteiger partial charge < -0.3 is 15.2 Å². The third-order valence-corrected chi connectivity index (χ3v) is 2.19. The Morgan fingerprint density at radius 2 is 2.06 bits per heavy atom. The fourth-order valence-electron chi connectivity index (χ4n) is 1.30. The zero-order valence-electron chi connectivity index (χ0n) is 9.68. The summed E-state index contributed by atoms with van der Waals surface area (Å²) in [6, 6.07) is 7.23. The van der Waals surface area contributed by atoms with Crippen LogP contribution in [0.25, 0.3) is 0 Å². The molecule has 2 rings (SSSR count). The molecule has 17 heavy (non-hydrogen) atoms. The number of hydrogen-bond donors (Lipinski definition) is 1. The number of nitrogen functional groups attached to an aromatic ring is 1. The first kappa shape index (κ1) is 11.2. The second-order valence-electron chi connectivity index (χ2n) is 3.49. The fourth-order valence-corrected chi connectivity index (χ4v) is 1.30. The Morgan fingerprint density at radius 1 is 1.24 bits per heavy atom. The van der Waals surface area contributed by atoms with Crippen LogP contribution < -0.4 is 15.2 Å². The molecule has 0 fully saturated rings. The van der Waals surface area contributed by atoms with Crippen molar-refractivity contribution in [3.05, 3.63) is 36.2 Å². The van der Waals surface area contributed by atoms with Crippen molar-refractivity contribution >= 4 is 5.69 Å². The Morgan fingerprint density at radius 3 is 2.76 bits per heavy atom. The average Bonchev–Trinajstić information content (AvgIpc) is 2.32. The summed E-state index contributed by atoms with van der Waals surface area (Å²) in [7, 11) is 1.58. The third-order valence-electron chi connectivity index (χ3n) is 2.19. The quantitative estimate of drug-likeness (QED) is 0.820. The minimum absolute atomic E-state index is 0.268. The lowest BCUT2D eigenvalue weighted by Gasteiger charge is -2.08. The lowest BCUT2D eigenvalue weighted by Crippen LogP contribution is -1.97. The maximum Gasteiger partial charge on any atom is 0.322 e. The molecule has 0 aliphatic carbocycles. The third kappa shape index (κ3) is 2.63. The predicted molar refractivity (Wildman–Crippen MR) is 64.2 cm³/mol. The summed E-state index contributed by atoms with van der Waals surface area (Å²) in [5.74, 6) is 1.15. The maximum atomic E-state index is 5.79. The van der Waals surface area contributed by atoms with Gasteiger partial charge in [-0.1, -0.05) is 0 Å². The summed E-state index contributed by atoms with van der Waals surface area (Å²) in [6.45, 7) is 1.86. The standard InChI is InChI=1S/C12H13N3O2/c1-8-5-6-14-12(15-8)17-11-7-9(16-2)3-4-10(11)13/h3-7H,13H2,1-2H3. The minimum atomic E-state index is 0.268. The van der Waals surface area contributed by atoms with Gasteiger partial charge in [-0.25, -0.2) is 9.97 Å². The molecule has 0 spiro atoms. The van der Waals surface area contributed by atoms with Crippen LogP contribution in [0, 0.1) is 6.92 Å². The van der Waals surface area contributed by atoms with Gasteiger partial charge in [-0.05, 0) is 25.1 Å². The zero-order chi connectivity index (χ0) is 12.3. The molecule has 2 aromatic rings. The van der Waals surface area contributed by atoms with Crippen molar-refractivity contribution in [2.24, 2.45) is 0 Å². The average molecular weight is 231 g/mol. The Balaban J connectivity index is 2.29. The van der Waals surface area contributed by atoms with Crippen LogP contribution in [0.3, 0.4) is 0 Å². The van der Waals surface area contributed by atoms with Gasteiger partial charge in [0.05, 0.1) is 12.8 Å². The highest BCUT2D eigenvalue weighted by molar-refractivity contribution is 5.56. The van der Waals surface area contributed by atoms with Crippen molar-refractivity contribution in [2.45, 2.75) is 6.92 Å². The van der Waals surface area contributed by atoms with E-state index in [0.29, 0.717) is 17.2 Å². The van der Waals surface area contributed by atoms with E-state index in [1.807, 2.05) is 6.92 Å². The molecule has 0 saturated carbocycles. The van der Waals surface area contributed by atoms with E-state index in [4.69, 9.17) is 15.2 Å². The minimum Gasteiger partial charge on any atom is -0.497 e. The maximum absolute atomic E-state index is 5.79. The van der Waals surface area contributed by atoms with Gasteiger partial charge in [0, 0.05) is 18.0 Å². The van der Waals surface area contributed by atoms with E-state index in [0.717, 1.165) is 5.69 Å². The molecular weight excluding hydrogens is 218 g/mol. The summed E-state index contributed by atoms with van der Waals surface area (Å²) >= 11 is 0. The van der Waals surface area contributed by atoms with Gasteiger partial charge in [0.25, 0.3) is 0 Å². The molecule has 0 aliphatic heterocycles.